The van der Waals surface area contributed by atoms with E-state index in [2.05, 4.69) is 35.3 Å². The maximum absolute atomic E-state index is 12.7. The summed E-state index contributed by atoms with van der Waals surface area (Å²) in [5.74, 6) is 3.11. The molecule has 0 spiro atoms. The molecule has 39 heavy (non-hydrogen) atoms. The Labute approximate surface area is 236 Å². The number of hydrogen-bond acceptors (Lipinski definition) is 6. The number of rotatable bonds is 9. The summed E-state index contributed by atoms with van der Waals surface area (Å²) in [5.41, 5.74) is 4.15. The Hall–Kier alpha value is -2.87. The number of anilines is 2. The molecule has 2 aromatic carbocycles. The van der Waals surface area contributed by atoms with Crippen LogP contribution in [0.3, 0.4) is 0 Å². The summed E-state index contributed by atoms with van der Waals surface area (Å²) in [6.45, 7) is 4.69. The maximum Gasteiger partial charge on any atom is 0.305 e. The quantitative estimate of drug-likeness (QED) is 0.413. The van der Waals surface area contributed by atoms with Crippen molar-refractivity contribution in [2.24, 2.45) is 5.92 Å². The van der Waals surface area contributed by atoms with Crippen LogP contribution in [0.25, 0.3) is 0 Å². The zero-order valence-electron chi connectivity index (χ0n) is 23.1. The molecule has 0 bridgehead atoms. The minimum Gasteiger partial charge on any atom is -0.487 e. The van der Waals surface area contributed by atoms with E-state index in [0.29, 0.717) is 11.5 Å². The number of benzene rings is 2. The van der Waals surface area contributed by atoms with E-state index in [1.807, 2.05) is 36.0 Å². The van der Waals surface area contributed by atoms with Gasteiger partial charge in [0.05, 0.1) is 12.5 Å². The summed E-state index contributed by atoms with van der Waals surface area (Å²) in [4.78, 5) is 27.6. The second-order valence-electron chi connectivity index (χ2n) is 11.2. The number of fused-ring (bicyclic) bond motifs is 1. The lowest BCUT2D eigenvalue weighted by Crippen LogP contribution is -2.44. The predicted octanol–water partition coefficient (Wildman–Crippen LogP) is 5.71. The van der Waals surface area contributed by atoms with Crippen molar-refractivity contribution in [1.82, 2.24) is 4.90 Å². The van der Waals surface area contributed by atoms with Crippen LogP contribution in [0.2, 0.25) is 0 Å². The van der Waals surface area contributed by atoms with Crippen molar-refractivity contribution in [1.29, 1.82) is 0 Å². The molecule has 1 saturated carbocycles. The van der Waals surface area contributed by atoms with Gasteiger partial charge in [-0.2, -0.15) is 11.8 Å². The summed E-state index contributed by atoms with van der Waals surface area (Å²) < 4.78 is 6.69. The molecule has 2 aliphatic heterocycles. The summed E-state index contributed by atoms with van der Waals surface area (Å²) in [7, 11) is 1.64. The Morgan fingerprint density at radius 1 is 1.10 bits per heavy atom. The van der Waals surface area contributed by atoms with Crippen molar-refractivity contribution in [3.8, 4) is 5.75 Å². The number of carboxylic acid groups (broad SMARTS) is 1. The van der Waals surface area contributed by atoms with E-state index in [4.69, 9.17) is 9.84 Å². The first-order valence-electron chi connectivity index (χ1n) is 14.4. The first-order chi connectivity index (χ1) is 18.9. The number of amides is 1. The normalized spacial score (nSPS) is 22.1. The van der Waals surface area contributed by atoms with Crippen molar-refractivity contribution in [2.45, 2.75) is 63.5 Å². The smallest absolute Gasteiger partial charge is 0.305 e. The van der Waals surface area contributed by atoms with E-state index in [1.165, 1.54) is 59.8 Å². The topological polar surface area (TPSA) is 82.1 Å². The van der Waals surface area contributed by atoms with Crippen LogP contribution in [0, 0.1) is 5.92 Å². The molecule has 0 aromatic heterocycles. The third kappa shape index (κ3) is 6.48. The maximum atomic E-state index is 12.7. The fraction of sp³-hybridized carbons (Fsp3) is 0.548. The minimum atomic E-state index is -0.907. The zero-order chi connectivity index (χ0) is 27.4. The van der Waals surface area contributed by atoms with Gasteiger partial charge in [0.1, 0.15) is 11.9 Å². The van der Waals surface area contributed by atoms with Gasteiger partial charge in [0.25, 0.3) is 5.91 Å². The highest BCUT2D eigenvalue weighted by Gasteiger charge is 2.41. The number of carbonyl (C=O) groups excluding carboxylic acids is 1. The molecule has 2 heterocycles. The summed E-state index contributed by atoms with van der Waals surface area (Å²) in [5, 5.41) is 12.8. The number of carbonyl (C=O) groups is 2. The van der Waals surface area contributed by atoms with Gasteiger partial charge in [-0.3, -0.25) is 9.59 Å². The van der Waals surface area contributed by atoms with E-state index >= 15 is 0 Å². The van der Waals surface area contributed by atoms with E-state index in [9.17, 15) is 9.59 Å². The number of hydrogen-bond donors (Lipinski definition) is 2. The van der Waals surface area contributed by atoms with Crippen LogP contribution in [-0.4, -0.2) is 72.2 Å². The van der Waals surface area contributed by atoms with E-state index < -0.39 is 5.97 Å². The fourth-order valence-electron chi connectivity index (χ4n) is 6.28. The number of ether oxygens (including phenoxy) is 1. The number of carboxylic acids is 1. The van der Waals surface area contributed by atoms with Gasteiger partial charge in [-0.1, -0.05) is 26.2 Å². The van der Waals surface area contributed by atoms with Crippen molar-refractivity contribution in [3.05, 3.63) is 53.6 Å². The molecule has 2 fully saturated rings. The molecule has 2 aromatic rings. The Balaban J connectivity index is 1.32. The lowest BCUT2D eigenvalue weighted by Gasteiger charge is -2.36. The van der Waals surface area contributed by atoms with Crippen molar-refractivity contribution >= 4 is 35.0 Å². The Morgan fingerprint density at radius 3 is 2.51 bits per heavy atom. The van der Waals surface area contributed by atoms with Crippen molar-refractivity contribution in [2.75, 3.05) is 48.4 Å². The van der Waals surface area contributed by atoms with Gasteiger partial charge < -0.3 is 25.0 Å². The molecule has 3 aliphatic rings. The number of nitrogens with one attached hydrogen (secondary N) is 1. The van der Waals surface area contributed by atoms with Gasteiger partial charge >= 0.3 is 5.97 Å². The van der Waals surface area contributed by atoms with E-state index in [0.717, 1.165) is 24.5 Å². The average molecular weight is 552 g/mol. The van der Waals surface area contributed by atoms with Crippen LogP contribution >= 0.6 is 11.8 Å². The highest BCUT2D eigenvalue weighted by molar-refractivity contribution is 7.99. The van der Waals surface area contributed by atoms with E-state index in [1.54, 1.807) is 7.05 Å². The fourth-order valence-corrected chi connectivity index (χ4v) is 7.18. The van der Waals surface area contributed by atoms with Crippen molar-refractivity contribution < 1.29 is 19.4 Å². The summed E-state index contributed by atoms with van der Waals surface area (Å²) in [6.07, 6.45) is 6.18. The molecule has 8 heteroatoms. The third-order valence-electron chi connectivity index (χ3n) is 8.60. The lowest BCUT2D eigenvalue weighted by molar-refractivity contribution is -0.137. The molecular weight excluding hydrogens is 510 g/mol. The molecule has 7 nitrogen and oxygen atoms in total. The molecule has 1 amide bonds. The third-order valence-corrected chi connectivity index (χ3v) is 9.54. The monoisotopic (exact) mass is 551 g/mol. The van der Waals surface area contributed by atoms with Crippen LogP contribution in [0.15, 0.2) is 42.5 Å². The molecule has 3 atom stereocenters. The van der Waals surface area contributed by atoms with Gasteiger partial charge in [0.15, 0.2) is 0 Å². The zero-order valence-corrected chi connectivity index (χ0v) is 23.9. The van der Waals surface area contributed by atoms with Gasteiger partial charge in [0.2, 0.25) is 0 Å². The molecule has 0 radical (unpaired) electrons. The Kier molecular flexibility index (Phi) is 8.90. The Morgan fingerprint density at radius 2 is 1.82 bits per heavy atom. The minimum absolute atomic E-state index is 0.0405. The summed E-state index contributed by atoms with van der Waals surface area (Å²) >= 11 is 2.03. The van der Waals surface area contributed by atoms with Crippen LogP contribution in [0.5, 0.6) is 5.75 Å². The van der Waals surface area contributed by atoms with Crippen LogP contribution in [0.4, 0.5) is 11.4 Å². The number of aliphatic carboxylic acids is 1. The van der Waals surface area contributed by atoms with Crippen LogP contribution in [-0.2, 0) is 4.79 Å². The number of thioether (sulfide) groups is 1. The average Bonchev–Trinajstić information content (AvgIpc) is 3.30. The first-order valence-corrected chi connectivity index (χ1v) is 15.5. The molecule has 210 valence electrons. The van der Waals surface area contributed by atoms with Gasteiger partial charge in [0, 0.05) is 66.6 Å². The lowest BCUT2D eigenvalue weighted by atomic mass is 9.78. The molecular formula is C31H41N3O4S. The van der Waals surface area contributed by atoms with Crippen LogP contribution < -0.4 is 15.0 Å². The first kappa shape index (κ1) is 27.7. The second kappa shape index (κ2) is 12.5. The highest BCUT2D eigenvalue weighted by Crippen LogP contribution is 2.44. The van der Waals surface area contributed by atoms with Gasteiger partial charge in [-0.15, -0.1) is 0 Å². The molecule has 2 N–H and O–H groups in total. The standard InChI is InChI=1S/C31H41N3O4S/c1-21-26-20-25(34-16-18-39-19-17-34)12-13-27(26)38-30(21)29(22-6-4-3-5-7-22)32-24-10-8-23(9-11-24)31(37)33(2)15-14-28(35)36/h8-13,20-22,29-30,32H,3-7,14-19H2,1-2H3,(H,35,36). The van der Waals surface area contributed by atoms with Crippen LogP contribution in [0.1, 0.15) is 67.3 Å². The second-order valence-corrected chi connectivity index (χ2v) is 12.4. The van der Waals surface area contributed by atoms with E-state index in [-0.39, 0.29) is 36.9 Å². The SMILES string of the molecule is CC1c2cc(N3CCSCC3)ccc2OC1C(Nc1ccc(C(=O)N(C)CCC(=O)O)cc1)C1CCCCC1. The van der Waals surface area contributed by atoms with Crippen molar-refractivity contribution in [3.63, 3.8) is 0 Å². The molecule has 3 unspecified atom stereocenters. The summed E-state index contributed by atoms with van der Waals surface area (Å²) in [6, 6.07) is 14.5. The Bertz CT molecular complexity index is 1150. The highest BCUT2D eigenvalue weighted by atomic mass is 32.2. The number of nitrogens with zero attached hydrogens (tertiary/aromatic N) is 2. The van der Waals surface area contributed by atoms with Gasteiger partial charge in [-0.05, 0) is 61.2 Å². The molecule has 1 saturated heterocycles. The molecule has 5 rings (SSSR count). The van der Waals surface area contributed by atoms with Gasteiger partial charge in [-0.25, -0.2) is 0 Å². The molecule has 1 aliphatic carbocycles. The largest absolute Gasteiger partial charge is 0.487 e. The predicted molar refractivity (Wildman–Crippen MR) is 158 cm³/mol.